The Labute approximate surface area is 117 Å². The average molecular weight is 380 g/mol. The van der Waals surface area contributed by atoms with Crippen molar-refractivity contribution in [3.8, 4) is 0 Å². The highest BCUT2D eigenvalue weighted by atomic mass is 79.9. The lowest BCUT2D eigenvalue weighted by molar-refractivity contribution is -0.0000118. The van der Waals surface area contributed by atoms with Gasteiger partial charge in [-0.15, -0.1) is 0 Å². The van der Waals surface area contributed by atoms with Crippen molar-refractivity contribution in [2.75, 3.05) is 0 Å². The maximum absolute atomic E-state index is 11.0. The SMILES string of the molecule is N#[N+]c1ccc(Cl)c(S(=O)(=O)O)c1S(=O)(=O)O.[Br-]. The van der Waals surface area contributed by atoms with Crippen molar-refractivity contribution in [1.29, 1.82) is 5.39 Å². The molecular weight excluding hydrogens is 376 g/mol. The van der Waals surface area contributed by atoms with Crippen molar-refractivity contribution in [1.82, 2.24) is 0 Å². The van der Waals surface area contributed by atoms with Crippen molar-refractivity contribution in [3.05, 3.63) is 22.1 Å². The predicted molar refractivity (Wildman–Crippen MR) is 55.8 cm³/mol. The fraction of sp³-hybridized carbons (Fsp3) is 0. The van der Waals surface area contributed by atoms with Gasteiger partial charge in [-0.1, -0.05) is 11.6 Å². The Kier molecular flexibility index (Phi) is 5.24. The van der Waals surface area contributed by atoms with Gasteiger partial charge >= 0.3 is 15.8 Å². The minimum atomic E-state index is -5.06. The molecule has 12 heteroatoms. The number of halogens is 2. The van der Waals surface area contributed by atoms with Crippen LogP contribution in [0.3, 0.4) is 0 Å². The third kappa shape index (κ3) is 3.37. The van der Waals surface area contributed by atoms with Crippen LogP contribution in [0.4, 0.5) is 5.69 Å². The summed E-state index contributed by atoms with van der Waals surface area (Å²) in [5.74, 6) is 0. The molecule has 0 aliphatic rings. The first kappa shape index (κ1) is 17.2. The van der Waals surface area contributed by atoms with Gasteiger partial charge in [-0.3, -0.25) is 9.11 Å². The molecule has 1 rings (SSSR count). The monoisotopic (exact) mass is 378 g/mol. The van der Waals surface area contributed by atoms with E-state index in [0.717, 1.165) is 12.1 Å². The highest BCUT2D eigenvalue weighted by Gasteiger charge is 2.36. The molecule has 8 nitrogen and oxygen atoms in total. The first-order valence-corrected chi connectivity index (χ1v) is 6.97. The number of nitrogens with zero attached hydrogens (tertiary/aromatic N) is 2. The van der Waals surface area contributed by atoms with Gasteiger partial charge in [0.2, 0.25) is 10.3 Å². The molecule has 0 heterocycles. The molecule has 0 aliphatic heterocycles. The van der Waals surface area contributed by atoms with Gasteiger partial charge in [-0.25, -0.2) is 0 Å². The molecule has 0 saturated heterocycles. The zero-order valence-electron chi connectivity index (χ0n) is 8.15. The van der Waals surface area contributed by atoms with Crippen LogP contribution >= 0.6 is 11.6 Å². The van der Waals surface area contributed by atoms with Crippen LogP contribution in [0.15, 0.2) is 21.9 Å². The van der Waals surface area contributed by atoms with Crippen LogP contribution in [0.2, 0.25) is 5.02 Å². The van der Waals surface area contributed by atoms with E-state index in [9.17, 15) is 16.8 Å². The Morgan fingerprint density at radius 1 is 1.06 bits per heavy atom. The van der Waals surface area contributed by atoms with Gasteiger partial charge in [0.1, 0.15) is 4.90 Å². The summed E-state index contributed by atoms with van der Waals surface area (Å²) >= 11 is 5.41. The summed E-state index contributed by atoms with van der Waals surface area (Å²) in [4.78, 5) is -0.0702. The van der Waals surface area contributed by atoms with E-state index in [4.69, 9.17) is 26.1 Å². The zero-order chi connectivity index (χ0) is 13.4. The van der Waals surface area contributed by atoms with Gasteiger partial charge in [-0.2, -0.15) is 16.8 Å². The summed E-state index contributed by atoms with van der Waals surface area (Å²) in [7, 11) is -10.1. The van der Waals surface area contributed by atoms with E-state index < -0.39 is 40.7 Å². The number of hydrogen-bond donors (Lipinski definition) is 2. The highest BCUT2D eigenvalue weighted by Crippen LogP contribution is 2.35. The standard InChI is InChI=1S/C6H3ClN2O6S2.BrH/c7-3-1-2-4(9-8)6(17(13,14)15)5(3)16(10,11)12;/h1-2H,(H-,10,11,12,13,14,15);1H. The molecule has 18 heavy (non-hydrogen) atoms. The number of benzene rings is 1. The van der Waals surface area contributed by atoms with E-state index in [0.29, 0.717) is 0 Å². The molecule has 0 amide bonds. The van der Waals surface area contributed by atoms with Gasteiger partial charge in [0.05, 0.1) is 5.02 Å². The molecule has 0 atom stereocenters. The minimum absolute atomic E-state index is 0. The van der Waals surface area contributed by atoms with E-state index >= 15 is 0 Å². The van der Waals surface area contributed by atoms with Gasteiger partial charge in [0.25, 0.3) is 10.1 Å². The third-order valence-corrected chi connectivity index (χ3v) is 4.09. The summed E-state index contributed by atoms with van der Waals surface area (Å²) in [5, 5.41) is 7.85. The van der Waals surface area contributed by atoms with E-state index in [2.05, 4.69) is 4.98 Å². The van der Waals surface area contributed by atoms with Crippen LogP contribution in [-0.4, -0.2) is 25.9 Å². The fourth-order valence-corrected chi connectivity index (χ4v) is 3.61. The predicted octanol–water partition coefficient (Wildman–Crippen LogP) is -1.68. The van der Waals surface area contributed by atoms with Gasteiger partial charge in [0, 0.05) is 6.07 Å². The van der Waals surface area contributed by atoms with Crippen LogP contribution in [-0.2, 0) is 20.2 Å². The number of hydrogen-bond acceptors (Lipinski definition) is 5. The Morgan fingerprint density at radius 2 is 1.50 bits per heavy atom. The second-order valence-corrected chi connectivity index (χ2v) is 5.90. The molecular formula is C6H4BrClN2O6S2. The number of rotatable bonds is 2. The summed E-state index contributed by atoms with van der Waals surface area (Å²) in [6, 6.07) is 1.73. The summed E-state index contributed by atoms with van der Waals surface area (Å²) < 4.78 is 61.5. The Bertz CT molecular complexity index is 723. The molecule has 0 unspecified atom stereocenters. The minimum Gasteiger partial charge on any atom is -1.00 e. The summed E-state index contributed by atoms with van der Waals surface area (Å²) in [6.45, 7) is 0. The van der Waals surface area contributed by atoms with Crippen LogP contribution in [0, 0.1) is 5.39 Å². The Balaban J connectivity index is 0.00000289. The number of diazo groups is 1. The van der Waals surface area contributed by atoms with E-state index in [-0.39, 0.29) is 17.0 Å². The third-order valence-electron chi connectivity index (χ3n) is 1.67. The lowest BCUT2D eigenvalue weighted by Gasteiger charge is -2.03. The molecule has 0 aliphatic carbocycles. The van der Waals surface area contributed by atoms with Gasteiger partial charge in [0.15, 0.2) is 4.98 Å². The molecule has 2 N–H and O–H groups in total. The zero-order valence-corrected chi connectivity index (χ0v) is 12.1. The van der Waals surface area contributed by atoms with Gasteiger partial charge in [-0.05, 0) is 6.07 Å². The second-order valence-electron chi connectivity index (χ2n) is 2.77. The first-order valence-electron chi connectivity index (χ1n) is 3.71. The van der Waals surface area contributed by atoms with Crippen LogP contribution in [0.25, 0.3) is 4.98 Å². The van der Waals surface area contributed by atoms with E-state index in [1.807, 2.05) is 0 Å². The van der Waals surface area contributed by atoms with Crippen LogP contribution in [0.5, 0.6) is 0 Å². The quantitative estimate of drug-likeness (QED) is 0.462. The van der Waals surface area contributed by atoms with Crippen LogP contribution < -0.4 is 17.0 Å². The van der Waals surface area contributed by atoms with Crippen molar-refractivity contribution in [2.24, 2.45) is 0 Å². The average Bonchev–Trinajstić information content (AvgIpc) is 2.13. The maximum atomic E-state index is 11.0. The van der Waals surface area contributed by atoms with Crippen LogP contribution in [0.1, 0.15) is 0 Å². The van der Waals surface area contributed by atoms with Crippen molar-refractivity contribution < 1.29 is 42.9 Å². The second kappa shape index (κ2) is 5.47. The summed E-state index contributed by atoms with van der Waals surface area (Å²) in [6.07, 6.45) is 0. The van der Waals surface area contributed by atoms with E-state index in [1.165, 1.54) is 0 Å². The normalized spacial score (nSPS) is 11.4. The molecule has 0 spiro atoms. The molecule has 0 aromatic heterocycles. The fourth-order valence-electron chi connectivity index (χ4n) is 1.10. The van der Waals surface area contributed by atoms with Crippen molar-refractivity contribution >= 4 is 37.5 Å². The molecule has 0 fully saturated rings. The largest absolute Gasteiger partial charge is 1.00 e. The van der Waals surface area contributed by atoms with E-state index in [1.54, 1.807) is 0 Å². The Hall–Kier alpha value is -0.770. The lowest BCUT2D eigenvalue weighted by Crippen LogP contribution is -3.00. The van der Waals surface area contributed by atoms with Crippen molar-refractivity contribution in [3.63, 3.8) is 0 Å². The van der Waals surface area contributed by atoms with Crippen molar-refractivity contribution in [2.45, 2.75) is 9.79 Å². The van der Waals surface area contributed by atoms with Gasteiger partial charge < -0.3 is 17.0 Å². The smallest absolute Gasteiger partial charge is 0.407 e. The summed E-state index contributed by atoms with van der Waals surface area (Å²) in [5.41, 5.74) is -0.774. The highest BCUT2D eigenvalue weighted by molar-refractivity contribution is 7.89. The molecule has 0 saturated carbocycles. The molecule has 100 valence electrons. The molecule has 0 radical (unpaired) electrons. The molecule has 1 aromatic rings. The molecule has 0 bridgehead atoms. The lowest BCUT2D eigenvalue weighted by atomic mass is 10.3. The maximum Gasteiger partial charge on any atom is 0.407 e. The topological polar surface area (TPSA) is 137 Å². The first-order chi connectivity index (χ1) is 7.59. The molecule has 1 aromatic carbocycles. The Morgan fingerprint density at radius 3 is 1.83 bits per heavy atom.